The van der Waals surface area contributed by atoms with E-state index in [-0.39, 0.29) is 28.8 Å². The van der Waals surface area contributed by atoms with Gasteiger partial charge in [-0.05, 0) is 71.6 Å². The largest absolute Gasteiger partial charge is 0.444 e. The van der Waals surface area contributed by atoms with E-state index in [1.165, 1.54) is 23.1 Å². The second-order valence-electron chi connectivity index (χ2n) is 11.2. The first-order valence-corrected chi connectivity index (χ1v) is 13.4. The Morgan fingerprint density at radius 1 is 0.974 bits per heavy atom. The third kappa shape index (κ3) is 6.23. The van der Waals surface area contributed by atoms with Crippen LogP contribution in [0.4, 0.5) is 16.2 Å². The number of rotatable bonds is 3. The maximum Gasteiger partial charge on any atom is 0.408 e. The van der Waals surface area contributed by atoms with E-state index in [1.807, 2.05) is 0 Å². The van der Waals surface area contributed by atoms with Gasteiger partial charge in [-0.2, -0.15) is 5.26 Å². The normalized spacial score (nSPS) is 22.9. The van der Waals surface area contributed by atoms with Crippen LogP contribution in [0.15, 0.2) is 18.2 Å². The molecule has 1 N–H and O–H groups in total. The van der Waals surface area contributed by atoms with Gasteiger partial charge in [-0.1, -0.05) is 0 Å². The molecule has 2 atom stereocenters. The van der Waals surface area contributed by atoms with Gasteiger partial charge in [0.15, 0.2) is 0 Å². The predicted molar refractivity (Wildman–Crippen MR) is 141 cm³/mol. The Hall–Kier alpha value is -3.49. The average molecular weight is 541 g/mol. The molecule has 39 heavy (non-hydrogen) atoms. The molecule has 0 aliphatic carbocycles. The fraction of sp³-hybridized carbons (Fsp3) is 0.607. The van der Waals surface area contributed by atoms with Gasteiger partial charge in [0.2, 0.25) is 11.8 Å². The Morgan fingerprint density at radius 3 is 2.08 bits per heavy atom. The van der Waals surface area contributed by atoms with Crippen molar-refractivity contribution in [3.05, 3.63) is 23.8 Å². The number of nitrogens with zero attached hydrogens (tertiary/aromatic N) is 3. The van der Waals surface area contributed by atoms with E-state index in [9.17, 15) is 24.4 Å². The zero-order valence-electron chi connectivity index (χ0n) is 22.9. The van der Waals surface area contributed by atoms with Crippen molar-refractivity contribution in [1.29, 1.82) is 5.26 Å². The summed E-state index contributed by atoms with van der Waals surface area (Å²) in [4.78, 5) is 57.5. The van der Waals surface area contributed by atoms with Crippen LogP contribution in [0.1, 0.15) is 58.9 Å². The number of hydrogen-bond acceptors (Lipinski definition) is 8. The van der Waals surface area contributed by atoms with Gasteiger partial charge in [0.25, 0.3) is 5.91 Å². The molecule has 11 heteroatoms. The van der Waals surface area contributed by atoms with Gasteiger partial charge in [-0.15, -0.1) is 0 Å². The van der Waals surface area contributed by atoms with Crippen LogP contribution < -0.4 is 15.1 Å². The molecule has 0 bridgehead atoms. The Kier molecular flexibility index (Phi) is 8.57. The molecule has 3 heterocycles. The lowest BCUT2D eigenvalue weighted by Gasteiger charge is -2.35. The molecule has 3 aliphatic rings. The molecule has 4 rings (SSSR count). The summed E-state index contributed by atoms with van der Waals surface area (Å²) in [6, 6.07) is 4.47. The molecule has 0 spiro atoms. The number of anilines is 2. The third-order valence-corrected chi connectivity index (χ3v) is 7.25. The summed E-state index contributed by atoms with van der Waals surface area (Å²) >= 11 is 0. The summed E-state index contributed by atoms with van der Waals surface area (Å²) in [6.07, 6.45) is 1.04. The van der Waals surface area contributed by atoms with Crippen molar-refractivity contribution in [3.63, 3.8) is 0 Å². The van der Waals surface area contributed by atoms with Crippen LogP contribution in [-0.4, -0.2) is 67.9 Å². The van der Waals surface area contributed by atoms with Crippen LogP contribution in [-0.2, 0) is 28.6 Å². The third-order valence-electron chi connectivity index (χ3n) is 7.25. The quantitative estimate of drug-likeness (QED) is 0.578. The van der Waals surface area contributed by atoms with Crippen LogP contribution in [0, 0.1) is 23.2 Å². The van der Waals surface area contributed by atoms with Crippen LogP contribution in [0.5, 0.6) is 0 Å². The number of benzene rings is 1. The van der Waals surface area contributed by atoms with Crippen molar-refractivity contribution in [2.75, 3.05) is 36.2 Å². The van der Waals surface area contributed by atoms with E-state index in [0.29, 0.717) is 52.1 Å². The summed E-state index contributed by atoms with van der Waals surface area (Å²) in [5.74, 6) is -2.21. The van der Waals surface area contributed by atoms with Crippen molar-refractivity contribution in [2.45, 2.75) is 71.1 Å². The summed E-state index contributed by atoms with van der Waals surface area (Å²) in [6.45, 7) is 8.39. The Labute approximate surface area is 228 Å². The molecule has 0 aromatic heterocycles. The standard InChI is InChI=1S/C28H36N4O7/c1-17-23(30-27(36)39-28(2,3)4)26(35)32(25(34)20-9-13-38-14-10-20)21-6-5-18(16-29)15-22(21)31(17)24(33)19-7-11-37-12-8-19/h5-6,15,17,19-20,23H,7-14H2,1-4H3,(H,30,36)/t17-,23-/m0/s1. The molecule has 4 amide bonds. The lowest BCUT2D eigenvalue weighted by atomic mass is 9.96. The second kappa shape index (κ2) is 11.7. The van der Waals surface area contributed by atoms with E-state index in [0.717, 1.165) is 4.90 Å². The summed E-state index contributed by atoms with van der Waals surface area (Å²) < 4.78 is 16.3. The number of amides is 4. The Morgan fingerprint density at radius 2 is 1.54 bits per heavy atom. The minimum absolute atomic E-state index is 0.205. The molecule has 11 nitrogen and oxygen atoms in total. The number of alkyl carbamates (subject to hydrolysis) is 1. The number of ether oxygens (including phenoxy) is 3. The lowest BCUT2D eigenvalue weighted by molar-refractivity contribution is -0.131. The average Bonchev–Trinajstić information content (AvgIpc) is 3.00. The van der Waals surface area contributed by atoms with Gasteiger partial charge in [-0.25, -0.2) is 9.69 Å². The lowest BCUT2D eigenvalue weighted by Crippen LogP contribution is -2.60. The van der Waals surface area contributed by atoms with Crippen molar-refractivity contribution >= 4 is 35.2 Å². The van der Waals surface area contributed by atoms with Gasteiger partial charge in [0, 0.05) is 38.3 Å². The monoisotopic (exact) mass is 540 g/mol. The maximum atomic E-state index is 14.2. The molecule has 210 valence electrons. The molecule has 1 aromatic carbocycles. The first-order chi connectivity index (χ1) is 18.5. The fourth-order valence-electron chi connectivity index (χ4n) is 5.24. The molecule has 1 aromatic rings. The molecule has 2 fully saturated rings. The zero-order valence-corrected chi connectivity index (χ0v) is 22.9. The second-order valence-corrected chi connectivity index (χ2v) is 11.2. The van der Waals surface area contributed by atoms with E-state index in [1.54, 1.807) is 27.7 Å². The molecule has 3 aliphatic heterocycles. The highest BCUT2D eigenvalue weighted by Crippen LogP contribution is 2.39. The number of imide groups is 1. The molecule has 0 unspecified atom stereocenters. The molecule has 0 radical (unpaired) electrons. The van der Waals surface area contributed by atoms with E-state index < -0.39 is 41.5 Å². The van der Waals surface area contributed by atoms with Crippen molar-refractivity contribution in [1.82, 2.24) is 5.32 Å². The van der Waals surface area contributed by atoms with Crippen LogP contribution in [0.3, 0.4) is 0 Å². The number of hydrogen-bond donors (Lipinski definition) is 1. The number of carbonyl (C=O) groups excluding carboxylic acids is 4. The molecular weight excluding hydrogens is 504 g/mol. The molecular formula is C28H36N4O7. The fourth-order valence-corrected chi connectivity index (χ4v) is 5.24. The van der Waals surface area contributed by atoms with Gasteiger partial charge < -0.3 is 24.4 Å². The smallest absolute Gasteiger partial charge is 0.408 e. The maximum absolute atomic E-state index is 14.2. The highest BCUT2D eigenvalue weighted by atomic mass is 16.6. The van der Waals surface area contributed by atoms with Crippen molar-refractivity contribution < 1.29 is 33.4 Å². The first-order valence-electron chi connectivity index (χ1n) is 13.4. The van der Waals surface area contributed by atoms with Gasteiger partial charge in [0.05, 0.1) is 29.0 Å². The SMILES string of the molecule is C[C@H]1[C@H](NC(=O)OC(C)(C)C)C(=O)N(C(=O)C2CCOCC2)c2ccc(C#N)cc2N1C(=O)C1CCOCC1. The van der Waals surface area contributed by atoms with Gasteiger partial charge in [-0.3, -0.25) is 14.4 Å². The topological polar surface area (TPSA) is 138 Å². The highest BCUT2D eigenvalue weighted by molar-refractivity contribution is 6.22. The van der Waals surface area contributed by atoms with Crippen LogP contribution in [0.2, 0.25) is 0 Å². The Balaban J connectivity index is 1.84. The first kappa shape index (κ1) is 28.5. The minimum atomic E-state index is -1.29. The van der Waals surface area contributed by atoms with Crippen LogP contribution in [0.25, 0.3) is 0 Å². The van der Waals surface area contributed by atoms with E-state index >= 15 is 0 Å². The predicted octanol–water partition coefficient (Wildman–Crippen LogP) is 2.90. The minimum Gasteiger partial charge on any atom is -0.444 e. The summed E-state index contributed by atoms with van der Waals surface area (Å²) in [7, 11) is 0. The number of nitriles is 1. The summed E-state index contributed by atoms with van der Waals surface area (Å²) in [5, 5.41) is 12.3. The number of nitrogens with one attached hydrogen (secondary N) is 1. The van der Waals surface area contributed by atoms with Crippen molar-refractivity contribution in [2.24, 2.45) is 11.8 Å². The zero-order chi connectivity index (χ0) is 28.3. The highest BCUT2D eigenvalue weighted by Gasteiger charge is 2.47. The van der Waals surface area contributed by atoms with Gasteiger partial charge >= 0.3 is 6.09 Å². The number of carbonyl (C=O) groups is 4. The van der Waals surface area contributed by atoms with E-state index in [4.69, 9.17) is 14.2 Å². The number of fused-ring (bicyclic) bond motifs is 1. The van der Waals surface area contributed by atoms with Crippen LogP contribution >= 0.6 is 0 Å². The Bertz CT molecular complexity index is 1160. The molecule has 2 saturated heterocycles. The van der Waals surface area contributed by atoms with E-state index in [2.05, 4.69) is 11.4 Å². The molecule has 0 saturated carbocycles. The summed E-state index contributed by atoms with van der Waals surface area (Å²) in [5.41, 5.74) is -0.0761. The van der Waals surface area contributed by atoms with Gasteiger partial charge in [0.1, 0.15) is 11.6 Å². The van der Waals surface area contributed by atoms with Crippen molar-refractivity contribution in [3.8, 4) is 6.07 Å².